The average Bonchev–Trinajstić information content (AvgIpc) is 3.15. The summed E-state index contributed by atoms with van der Waals surface area (Å²) in [6.45, 7) is 7.49. The molecule has 0 unspecified atom stereocenters. The maximum atomic E-state index is 6.55. The van der Waals surface area contributed by atoms with Crippen molar-refractivity contribution in [2.24, 2.45) is 11.8 Å². The SMILES string of the molecule is COc1ccc(CC(CCCOB(OCCCC(Cc2ccc(OC)cc2)Cc2ccc(OC)cc2)OP(C)(C)(C)C)Cc2ccc(OC)cc2)cc1. The van der Waals surface area contributed by atoms with E-state index in [1.54, 1.807) is 28.4 Å². The number of methoxy groups -OCH3 is 4. The third-order valence-corrected chi connectivity index (χ3v) is 10.3. The van der Waals surface area contributed by atoms with E-state index in [1.807, 2.05) is 48.5 Å². The molecule has 4 rings (SSSR count). The number of ether oxygens (including phenoxy) is 4. The number of rotatable bonds is 24. The normalized spacial score (nSPS) is 12.4. The molecule has 0 saturated heterocycles. The molecule has 288 valence electrons. The second-order valence-electron chi connectivity index (χ2n) is 15.8. The Morgan fingerprint density at radius 1 is 0.434 bits per heavy atom. The van der Waals surface area contributed by atoms with E-state index in [9.17, 15) is 0 Å². The molecule has 9 heteroatoms. The van der Waals surface area contributed by atoms with Crippen molar-refractivity contribution < 1.29 is 32.7 Å². The van der Waals surface area contributed by atoms with Crippen molar-refractivity contribution >= 4 is 14.2 Å². The predicted octanol–water partition coefficient (Wildman–Crippen LogP) is 9.81. The van der Waals surface area contributed by atoms with Crippen molar-refractivity contribution in [2.45, 2.75) is 51.4 Å². The second-order valence-corrected chi connectivity index (χ2v) is 22.8. The van der Waals surface area contributed by atoms with Gasteiger partial charge in [0.25, 0.3) is 0 Å². The summed E-state index contributed by atoms with van der Waals surface area (Å²) in [4.78, 5) is 0. The van der Waals surface area contributed by atoms with Crippen molar-refractivity contribution in [1.29, 1.82) is 0 Å². The molecular weight excluding hydrogens is 682 g/mol. The Kier molecular flexibility index (Phi) is 16.6. The summed E-state index contributed by atoms with van der Waals surface area (Å²) in [7, 11) is 6.12. The first kappa shape index (κ1) is 42.2. The van der Waals surface area contributed by atoms with Gasteiger partial charge >= 0.3 is 273 Å². The van der Waals surface area contributed by atoms with E-state index >= 15 is 0 Å². The minimum absolute atomic E-state index is 0.447. The molecule has 0 bridgehead atoms. The van der Waals surface area contributed by atoms with Crippen molar-refractivity contribution in [1.82, 2.24) is 0 Å². The van der Waals surface area contributed by atoms with E-state index in [4.69, 9.17) is 32.7 Å². The number of benzene rings is 4. The van der Waals surface area contributed by atoms with Crippen molar-refractivity contribution in [3.63, 3.8) is 0 Å². The summed E-state index contributed by atoms with van der Waals surface area (Å²) < 4.78 is 40.8. The molecule has 0 aromatic heterocycles. The monoisotopic (exact) mass is 744 g/mol. The summed E-state index contributed by atoms with van der Waals surface area (Å²) in [5.74, 6) is 4.40. The fourth-order valence-corrected chi connectivity index (χ4v) is 7.30. The molecule has 0 aliphatic rings. The van der Waals surface area contributed by atoms with Gasteiger partial charge in [0.1, 0.15) is 0 Å². The Balaban J connectivity index is 1.34. The first-order valence-electron chi connectivity index (χ1n) is 18.9. The van der Waals surface area contributed by atoms with Crippen molar-refractivity contribution in [3.05, 3.63) is 119 Å². The summed E-state index contributed by atoms with van der Waals surface area (Å²) in [6, 6.07) is 33.7. The molecule has 0 N–H and O–H groups in total. The van der Waals surface area contributed by atoms with Gasteiger partial charge in [-0.1, -0.05) is 0 Å². The molecule has 0 heterocycles. The second kappa shape index (κ2) is 20.8. The van der Waals surface area contributed by atoms with Crippen LogP contribution in [0.15, 0.2) is 97.1 Å². The Labute approximate surface area is 319 Å². The van der Waals surface area contributed by atoms with Gasteiger partial charge < -0.3 is 18.9 Å². The van der Waals surface area contributed by atoms with Gasteiger partial charge in [0.15, 0.2) is 0 Å². The quantitative estimate of drug-likeness (QED) is 0.0402. The van der Waals surface area contributed by atoms with Crippen LogP contribution in [0.5, 0.6) is 23.0 Å². The summed E-state index contributed by atoms with van der Waals surface area (Å²) >= 11 is 0. The molecule has 0 radical (unpaired) electrons. The van der Waals surface area contributed by atoms with Crippen LogP contribution in [-0.2, 0) is 39.4 Å². The van der Waals surface area contributed by atoms with Gasteiger partial charge in [-0.3, -0.25) is 0 Å². The molecule has 0 fully saturated rings. The number of hydrogen-bond donors (Lipinski definition) is 0. The molecule has 4 aromatic carbocycles. The molecule has 0 aliphatic carbocycles. The van der Waals surface area contributed by atoms with Crippen LogP contribution in [0.2, 0.25) is 0 Å². The molecular formula is C44H62BO7P. The molecule has 53 heavy (non-hydrogen) atoms. The first-order valence-corrected chi connectivity index (χ1v) is 22.8. The summed E-state index contributed by atoms with van der Waals surface area (Å²) in [6.07, 6.45) is 7.75. The zero-order valence-corrected chi connectivity index (χ0v) is 34.2. The van der Waals surface area contributed by atoms with Crippen LogP contribution in [0.1, 0.15) is 47.9 Å². The fourth-order valence-electron chi connectivity index (χ4n) is 6.49. The van der Waals surface area contributed by atoms with Gasteiger partial charge in [0, 0.05) is 0 Å². The van der Waals surface area contributed by atoms with E-state index in [1.165, 1.54) is 22.3 Å². The standard InChI is InChI=1S/C44H62BO7P/c1-46-41-21-13-35(14-22-41)31-39(32-36-15-23-42(47-2)24-16-36)11-9-29-50-45(52-53(5,6,7)8)51-30-10-12-40(33-37-17-25-43(48-3)26-18-37)34-38-19-27-44(49-4)28-20-38/h13-28,39-40H,9-12,29-34H2,1-8H3. The Morgan fingerprint density at radius 3 is 0.925 bits per heavy atom. The first-order chi connectivity index (χ1) is 25.4. The van der Waals surface area contributed by atoms with Gasteiger partial charge in [-0.25, -0.2) is 0 Å². The number of hydrogen-bond acceptors (Lipinski definition) is 7. The molecule has 4 aromatic rings. The van der Waals surface area contributed by atoms with Crippen molar-refractivity contribution in [2.75, 3.05) is 68.3 Å². The van der Waals surface area contributed by atoms with Crippen LogP contribution < -0.4 is 18.9 Å². The zero-order chi connectivity index (χ0) is 38.1. The molecule has 0 saturated carbocycles. The zero-order valence-electron chi connectivity index (χ0n) is 33.3. The average molecular weight is 745 g/mol. The Hall–Kier alpha value is -3.55. The van der Waals surface area contributed by atoms with E-state index in [0.29, 0.717) is 25.0 Å². The molecule has 0 aliphatic heterocycles. The van der Waals surface area contributed by atoms with Crippen molar-refractivity contribution in [3.8, 4) is 23.0 Å². The summed E-state index contributed by atoms with van der Waals surface area (Å²) in [5.41, 5.74) is 5.22. The van der Waals surface area contributed by atoms with Crippen LogP contribution in [0.25, 0.3) is 0 Å². The van der Waals surface area contributed by atoms with E-state index < -0.39 is 14.2 Å². The van der Waals surface area contributed by atoms with Gasteiger partial charge in [0.2, 0.25) is 0 Å². The molecule has 0 amide bonds. The van der Waals surface area contributed by atoms with E-state index in [2.05, 4.69) is 75.2 Å². The predicted molar refractivity (Wildman–Crippen MR) is 222 cm³/mol. The van der Waals surface area contributed by atoms with Crippen LogP contribution in [0.3, 0.4) is 0 Å². The Bertz CT molecular complexity index is 1380. The third kappa shape index (κ3) is 16.2. The van der Waals surface area contributed by atoms with Crippen LogP contribution in [0.4, 0.5) is 0 Å². The summed E-state index contributed by atoms with van der Waals surface area (Å²) in [5, 5.41) is 0. The maximum absolute atomic E-state index is 6.55. The minimum atomic E-state index is -2.39. The fraction of sp³-hybridized carbons (Fsp3) is 0.455. The molecule has 0 spiro atoms. The van der Waals surface area contributed by atoms with E-state index in [-0.39, 0.29) is 0 Å². The topological polar surface area (TPSA) is 64.6 Å². The van der Waals surface area contributed by atoms with Crippen LogP contribution in [0, 0.1) is 11.8 Å². The van der Waals surface area contributed by atoms with Gasteiger partial charge in [-0.2, -0.15) is 0 Å². The van der Waals surface area contributed by atoms with Crippen LogP contribution in [-0.4, -0.2) is 75.6 Å². The van der Waals surface area contributed by atoms with Gasteiger partial charge in [0.05, 0.1) is 28.4 Å². The van der Waals surface area contributed by atoms with Gasteiger partial charge in [-0.05, 0) is 0 Å². The third-order valence-electron chi connectivity index (χ3n) is 9.26. The Morgan fingerprint density at radius 2 is 0.698 bits per heavy atom. The molecule has 0 atom stereocenters. The van der Waals surface area contributed by atoms with Crippen LogP contribution >= 0.6 is 6.83 Å². The van der Waals surface area contributed by atoms with Gasteiger partial charge in [-0.15, -0.1) is 0 Å². The molecule has 7 nitrogen and oxygen atoms in total. The van der Waals surface area contributed by atoms with E-state index in [0.717, 1.165) is 74.4 Å².